The summed E-state index contributed by atoms with van der Waals surface area (Å²) in [6.45, 7) is 4.51. The fourth-order valence-electron chi connectivity index (χ4n) is 4.52. The summed E-state index contributed by atoms with van der Waals surface area (Å²) in [6, 6.07) is 17.3. The maximum atomic E-state index is 12.8. The van der Waals surface area contributed by atoms with Gasteiger partial charge in [0.2, 0.25) is 5.91 Å². The molecule has 34 heavy (non-hydrogen) atoms. The molecule has 0 radical (unpaired) electrons. The lowest BCUT2D eigenvalue weighted by molar-refractivity contribution is -0.137. The SMILES string of the molecule is CCC(NC(=O)C1CCN(Cc2ccn(-c3ccc(C(F)(F)F)cc3)c2)CC1)c1ccccc1. The minimum absolute atomic E-state index is 0.0192. The van der Waals surface area contributed by atoms with Gasteiger partial charge in [-0.05, 0) is 73.8 Å². The Balaban J connectivity index is 1.28. The van der Waals surface area contributed by atoms with Crippen LogP contribution >= 0.6 is 0 Å². The number of carbonyl (C=O) groups is 1. The van der Waals surface area contributed by atoms with Crippen LogP contribution in [0.2, 0.25) is 0 Å². The molecule has 1 aromatic heterocycles. The summed E-state index contributed by atoms with van der Waals surface area (Å²) in [5.74, 6) is 0.148. The Morgan fingerprint density at radius 3 is 2.32 bits per heavy atom. The summed E-state index contributed by atoms with van der Waals surface area (Å²) in [7, 11) is 0. The van der Waals surface area contributed by atoms with Crippen LogP contribution in [0, 0.1) is 5.92 Å². The lowest BCUT2D eigenvalue weighted by atomic mass is 9.94. The number of alkyl halides is 3. The first-order chi connectivity index (χ1) is 16.3. The largest absolute Gasteiger partial charge is 0.416 e. The molecule has 1 aliphatic rings. The van der Waals surface area contributed by atoms with Crippen molar-refractivity contribution >= 4 is 5.91 Å². The molecule has 0 bridgehead atoms. The number of carbonyl (C=O) groups excluding carboxylic acids is 1. The second-order valence-corrected chi connectivity index (χ2v) is 8.90. The molecule has 0 aliphatic carbocycles. The molecule has 1 aliphatic heterocycles. The van der Waals surface area contributed by atoms with Gasteiger partial charge in [-0.2, -0.15) is 13.2 Å². The molecular formula is C27H30F3N3O. The minimum Gasteiger partial charge on any atom is -0.349 e. The van der Waals surface area contributed by atoms with Crippen LogP contribution in [-0.2, 0) is 17.5 Å². The van der Waals surface area contributed by atoms with Gasteiger partial charge in [0.05, 0.1) is 11.6 Å². The Hall–Kier alpha value is -3.06. The van der Waals surface area contributed by atoms with Gasteiger partial charge in [-0.3, -0.25) is 9.69 Å². The van der Waals surface area contributed by atoms with Crippen LogP contribution in [0.15, 0.2) is 73.1 Å². The number of benzene rings is 2. The van der Waals surface area contributed by atoms with Crippen molar-refractivity contribution < 1.29 is 18.0 Å². The zero-order valence-electron chi connectivity index (χ0n) is 19.3. The van der Waals surface area contributed by atoms with Crippen molar-refractivity contribution in [3.63, 3.8) is 0 Å². The van der Waals surface area contributed by atoms with E-state index in [0.717, 1.165) is 62.2 Å². The molecule has 2 heterocycles. The molecule has 1 saturated heterocycles. The van der Waals surface area contributed by atoms with Gasteiger partial charge in [0.1, 0.15) is 0 Å². The predicted molar refractivity (Wildman–Crippen MR) is 126 cm³/mol. The molecule has 4 nitrogen and oxygen atoms in total. The van der Waals surface area contributed by atoms with E-state index >= 15 is 0 Å². The fourth-order valence-corrected chi connectivity index (χ4v) is 4.52. The third-order valence-corrected chi connectivity index (χ3v) is 6.54. The number of piperidine rings is 1. The van der Waals surface area contributed by atoms with Crippen molar-refractivity contribution in [3.05, 3.63) is 89.7 Å². The third kappa shape index (κ3) is 5.89. The Bertz CT molecular complexity index is 1070. The first-order valence-electron chi connectivity index (χ1n) is 11.8. The maximum absolute atomic E-state index is 12.8. The lowest BCUT2D eigenvalue weighted by Gasteiger charge is -2.32. The number of hydrogen-bond acceptors (Lipinski definition) is 2. The highest BCUT2D eigenvalue weighted by Crippen LogP contribution is 2.30. The summed E-state index contributed by atoms with van der Waals surface area (Å²) in [6.07, 6.45) is 1.97. The van der Waals surface area contributed by atoms with E-state index in [0.29, 0.717) is 5.69 Å². The molecule has 0 spiro atoms. The van der Waals surface area contributed by atoms with Crippen molar-refractivity contribution in [1.29, 1.82) is 0 Å². The van der Waals surface area contributed by atoms with Crippen LogP contribution in [-0.4, -0.2) is 28.5 Å². The molecule has 180 valence electrons. The number of aromatic nitrogens is 1. The number of likely N-dealkylation sites (tertiary alicyclic amines) is 1. The highest BCUT2D eigenvalue weighted by molar-refractivity contribution is 5.79. The van der Waals surface area contributed by atoms with E-state index in [1.807, 2.05) is 53.4 Å². The second kappa shape index (κ2) is 10.5. The summed E-state index contributed by atoms with van der Waals surface area (Å²) in [5.41, 5.74) is 2.27. The number of hydrogen-bond donors (Lipinski definition) is 1. The number of halogens is 3. The summed E-state index contributed by atoms with van der Waals surface area (Å²) >= 11 is 0. The molecule has 7 heteroatoms. The number of rotatable bonds is 7. The van der Waals surface area contributed by atoms with Crippen LogP contribution in [0.3, 0.4) is 0 Å². The average molecular weight is 470 g/mol. The maximum Gasteiger partial charge on any atom is 0.416 e. The Kier molecular flexibility index (Phi) is 7.41. The second-order valence-electron chi connectivity index (χ2n) is 8.90. The molecule has 1 fully saturated rings. The summed E-state index contributed by atoms with van der Waals surface area (Å²) in [5, 5.41) is 3.22. The van der Waals surface area contributed by atoms with Gasteiger partial charge in [0.15, 0.2) is 0 Å². The molecule has 3 aromatic rings. The third-order valence-electron chi connectivity index (χ3n) is 6.54. The van der Waals surface area contributed by atoms with Crippen molar-refractivity contribution in [2.75, 3.05) is 13.1 Å². The molecule has 4 rings (SSSR count). The highest BCUT2D eigenvalue weighted by atomic mass is 19.4. The van der Waals surface area contributed by atoms with Crippen LogP contribution in [0.1, 0.15) is 48.9 Å². The predicted octanol–water partition coefficient (Wildman–Crippen LogP) is 5.98. The number of nitrogens with zero attached hydrogens (tertiary/aromatic N) is 2. The smallest absolute Gasteiger partial charge is 0.349 e. The first-order valence-corrected chi connectivity index (χ1v) is 11.8. The van der Waals surface area contributed by atoms with E-state index in [-0.39, 0.29) is 17.9 Å². The van der Waals surface area contributed by atoms with Gasteiger partial charge >= 0.3 is 6.18 Å². The molecule has 1 atom stereocenters. The van der Waals surface area contributed by atoms with Crippen LogP contribution in [0.25, 0.3) is 5.69 Å². The van der Waals surface area contributed by atoms with Crippen LogP contribution in [0.4, 0.5) is 13.2 Å². The molecule has 1 unspecified atom stereocenters. The van der Waals surface area contributed by atoms with Gasteiger partial charge in [-0.25, -0.2) is 0 Å². The minimum atomic E-state index is -4.33. The van der Waals surface area contributed by atoms with Crippen LogP contribution in [0.5, 0.6) is 0 Å². The fraction of sp³-hybridized carbons (Fsp3) is 0.370. The van der Waals surface area contributed by atoms with Crippen molar-refractivity contribution in [2.24, 2.45) is 5.92 Å². The standard InChI is InChI=1S/C27H30F3N3O/c1-2-25(21-6-4-3-5-7-21)31-26(34)22-13-15-32(16-14-22)18-20-12-17-33(19-20)24-10-8-23(9-11-24)27(28,29)30/h3-12,17,19,22,25H,2,13-16,18H2,1H3,(H,31,34). The van der Waals surface area contributed by atoms with Crippen molar-refractivity contribution in [1.82, 2.24) is 14.8 Å². The van der Waals surface area contributed by atoms with E-state index in [1.165, 1.54) is 12.1 Å². The zero-order valence-corrected chi connectivity index (χ0v) is 19.3. The monoisotopic (exact) mass is 469 g/mol. The number of nitrogens with one attached hydrogen (secondary N) is 1. The van der Waals surface area contributed by atoms with Gasteiger partial charge in [0, 0.05) is 30.5 Å². The number of amides is 1. The van der Waals surface area contributed by atoms with Crippen LogP contribution < -0.4 is 5.32 Å². The molecular weight excluding hydrogens is 439 g/mol. The quantitative estimate of drug-likeness (QED) is 0.463. The van der Waals surface area contributed by atoms with E-state index in [9.17, 15) is 18.0 Å². The molecule has 1 N–H and O–H groups in total. The summed E-state index contributed by atoms with van der Waals surface area (Å²) in [4.78, 5) is 15.2. The first kappa shape index (κ1) is 24.1. The Labute approximate surface area is 198 Å². The lowest BCUT2D eigenvalue weighted by Crippen LogP contribution is -2.41. The Morgan fingerprint density at radius 1 is 1.03 bits per heavy atom. The van der Waals surface area contributed by atoms with E-state index in [1.54, 1.807) is 0 Å². The van der Waals surface area contributed by atoms with E-state index in [4.69, 9.17) is 0 Å². The van der Waals surface area contributed by atoms with Gasteiger partial charge in [-0.15, -0.1) is 0 Å². The average Bonchev–Trinajstić information content (AvgIpc) is 3.31. The molecule has 0 saturated carbocycles. The van der Waals surface area contributed by atoms with Crippen molar-refractivity contribution in [3.8, 4) is 5.69 Å². The molecule has 2 aromatic carbocycles. The van der Waals surface area contributed by atoms with Gasteiger partial charge in [-0.1, -0.05) is 37.3 Å². The topological polar surface area (TPSA) is 37.3 Å². The van der Waals surface area contributed by atoms with E-state index < -0.39 is 11.7 Å². The summed E-state index contributed by atoms with van der Waals surface area (Å²) < 4.78 is 40.2. The van der Waals surface area contributed by atoms with Crippen molar-refractivity contribution in [2.45, 2.75) is 44.9 Å². The highest BCUT2D eigenvalue weighted by Gasteiger charge is 2.30. The molecule has 1 amide bonds. The van der Waals surface area contributed by atoms with Gasteiger partial charge in [0.25, 0.3) is 0 Å². The normalized spacial score (nSPS) is 16.4. The van der Waals surface area contributed by atoms with E-state index in [2.05, 4.69) is 17.1 Å². The Morgan fingerprint density at radius 2 is 1.71 bits per heavy atom. The zero-order chi connectivity index (χ0) is 24.1. The van der Waals surface area contributed by atoms with Gasteiger partial charge < -0.3 is 9.88 Å².